The van der Waals surface area contributed by atoms with Gasteiger partial charge in [-0.2, -0.15) is 9.61 Å². The molecule has 2 aliphatic rings. The second-order valence-electron chi connectivity index (χ2n) is 8.69. The number of rotatable bonds is 6. The van der Waals surface area contributed by atoms with Crippen molar-refractivity contribution in [3.63, 3.8) is 0 Å². The van der Waals surface area contributed by atoms with Crippen molar-refractivity contribution in [3.05, 3.63) is 46.5 Å². The van der Waals surface area contributed by atoms with Gasteiger partial charge in [0.2, 0.25) is 0 Å². The maximum absolute atomic E-state index is 13.3. The van der Waals surface area contributed by atoms with Gasteiger partial charge in [0, 0.05) is 31.4 Å². The summed E-state index contributed by atoms with van der Waals surface area (Å²) in [6.45, 7) is 0. The number of carbonyl (C=O) groups is 1. The molecule has 3 heterocycles. The first kappa shape index (κ1) is 21.4. The van der Waals surface area contributed by atoms with Crippen molar-refractivity contribution in [3.8, 4) is 0 Å². The second kappa shape index (κ2) is 8.47. The van der Waals surface area contributed by atoms with E-state index in [1.165, 1.54) is 10.7 Å². The number of aliphatic hydroxyl groups is 1. The topological polar surface area (TPSA) is 126 Å². The third kappa shape index (κ3) is 4.04. The van der Waals surface area contributed by atoms with E-state index in [4.69, 9.17) is 0 Å². The van der Waals surface area contributed by atoms with E-state index in [9.17, 15) is 19.1 Å². The Labute approximate surface area is 188 Å². The fraction of sp³-hybridized carbons (Fsp3) is 0.455. The highest BCUT2D eigenvalue weighted by molar-refractivity contribution is 6.00. The number of aromatic nitrogens is 4. The molecule has 0 bridgehead atoms. The summed E-state index contributed by atoms with van der Waals surface area (Å²) in [5.74, 6) is 0.626. The van der Waals surface area contributed by atoms with Crippen LogP contribution in [0.25, 0.3) is 5.65 Å². The molecule has 0 aromatic carbocycles. The van der Waals surface area contributed by atoms with Gasteiger partial charge in [0.05, 0.1) is 12.3 Å². The lowest BCUT2D eigenvalue weighted by atomic mass is 9.90. The summed E-state index contributed by atoms with van der Waals surface area (Å²) in [5.41, 5.74) is 0.680. The predicted molar refractivity (Wildman–Crippen MR) is 121 cm³/mol. The van der Waals surface area contributed by atoms with Crippen molar-refractivity contribution < 1.29 is 14.3 Å². The predicted octanol–water partition coefficient (Wildman–Crippen LogP) is 1.99. The monoisotopic (exact) mass is 455 g/mol. The van der Waals surface area contributed by atoms with E-state index in [2.05, 4.69) is 26.0 Å². The third-order valence-corrected chi connectivity index (χ3v) is 6.40. The lowest BCUT2D eigenvalue weighted by Crippen LogP contribution is -2.35. The van der Waals surface area contributed by atoms with Crippen LogP contribution < -0.4 is 21.5 Å². The zero-order valence-electron chi connectivity index (χ0n) is 18.2. The lowest BCUT2D eigenvalue weighted by Gasteiger charge is -2.31. The Morgan fingerprint density at radius 1 is 1.27 bits per heavy atom. The number of pyridine rings is 1. The number of hydrogen-bond acceptors (Lipinski definition) is 7. The van der Waals surface area contributed by atoms with E-state index in [0.29, 0.717) is 54.2 Å². The minimum absolute atomic E-state index is 0.0919. The Balaban J connectivity index is 1.44. The summed E-state index contributed by atoms with van der Waals surface area (Å²) < 4.78 is 16.3. The molecule has 3 aromatic heterocycles. The number of nitrogens with zero attached hydrogens (tertiary/aromatic N) is 4. The van der Waals surface area contributed by atoms with Gasteiger partial charge >= 0.3 is 0 Å². The summed E-state index contributed by atoms with van der Waals surface area (Å²) in [6, 6.07) is 4.83. The highest BCUT2D eigenvalue weighted by atomic mass is 19.1. The number of aliphatic hydroxyl groups excluding tert-OH is 1. The number of halogens is 1. The molecule has 0 saturated heterocycles. The Kier molecular flexibility index (Phi) is 5.49. The first-order chi connectivity index (χ1) is 15.9. The molecule has 3 aromatic rings. The molecule has 0 aliphatic heterocycles. The van der Waals surface area contributed by atoms with E-state index < -0.39 is 12.3 Å². The molecule has 2 aliphatic carbocycles. The van der Waals surface area contributed by atoms with Crippen molar-refractivity contribution in [2.75, 3.05) is 17.7 Å². The zero-order valence-corrected chi connectivity index (χ0v) is 18.2. The lowest BCUT2D eigenvalue weighted by molar-refractivity contribution is 0.0935. The molecular formula is C22H26FN7O3. The molecule has 2 fully saturated rings. The zero-order chi connectivity index (χ0) is 23.1. The van der Waals surface area contributed by atoms with Gasteiger partial charge in [-0.15, -0.1) is 0 Å². The normalized spacial score (nSPS) is 24.5. The van der Waals surface area contributed by atoms with E-state index in [0.717, 1.165) is 6.42 Å². The first-order valence-electron chi connectivity index (χ1n) is 11.1. The van der Waals surface area contributed by atoms with E-state index in [1.807, 2.05) is 0 Å². The van der Waals surface area contributed by atoms with Crippen LogP contribution in [-0.4, -0.2) is 55.5 Å². The van der Waals surface area contributed by atoms with Crippen LogP contribution in [0.2, 0.25) is 0 Å². The van der Waals surface area contributed by atoms with E-state index >= 15 is 0 Å². The van der Waals surface area contributed by atoms with Crippen LogP contribution in [0.4, 0.5) is 21.7 Å². The standard InChI is InChI=1S/C22H26FN7O3/c1-24-19-10-18(27-17-3-2-6-29(22(17)33)14-7-12(23)8-14)28-20-16(11-25-30(19)20)21(32)26-13-4-5-15(31)9-13/h2-3,6,10-15,24,31H,4-5,7-9H2,1H3,(H,26,32)(H,27,28)/t12?,13-,14?,15+/m0/s1. The van der Waals surface area contributed by atoms with Gasteiger partial charge in [0.1, 0.15) is 29.1 Å². The molecule has 33 heavy (non-hydrogen) atoms. The number of hydrogen-bond donors (Lipinski definition) is 4. The van der Waals surface area contributed by atoms with Crippen LogP contribution in [0.5, 0.6) is 0 Å². The van der Waals surface area contributed by atoms with Crippen LogP contribution >= 0.6 is 0 Å². The molecule has 0 spiro atoms. The SMILES string of the molecule is CNc1cc(Nc2cccn(C3CC(F)C3)c2=O)nc2c(C(=O)N[C@H]3CC[C@@H](O)C3)cnn12. The number of anilines is 3. The van der Waals surface area contributed by atoms with Crippen LogP contribution in [0.15, 0.2) is 35.4 Å². The number of fused-ring (bicyclic) bond motifs is 1. The maximum Gasteiger partial charge on any atom is 0.274 e. The molecule has 2 saturated carbocycles. The highest BCUT2D eigenvalue weighted by Crippen LogP contribution is 2.33. The molecule has 5 rings (SSSR count). The van der Waals surface area contributed by atoms with Gasteiger partial charge in [-0.05, 0) is 44.2 Å². The summed E-state index contributed by atoms with van der Waals surface area (Å²) in [6.07, 6.45) is 4.45. The second-order valence-corrected chi connectivity index (χ2v) is 8.69. The van der Waals surface area contributed by atoms with Crippen molar-refractivity contribution in [1.29, 1.82) is 0 Å². The van der Waals surface area contributed by atoms with Gasteiger partial charge in [-0.1, -0.05) is 0 Å². The molecular weight excluding hydrogens is 429 g/mol. The van der Waals surface area contributed by atoms with E-state index in [1.54, 1.807) is 36.0 Å². The minimum atomic E-state index is -0.861. The average molecular weight is 455 g/mol. The van der Waals surface area contributed by atoms with Crippen LogP contribution in [0, 0.1) is 0 Å². The molecule has 1 amide bonds. The Morgan fingerprint density at radius 3 is 2.79 bits per heavy atom. The summed E-state index contributed by atoms with van der Waals surface area (Å²) >= 11 is 0. The largest absolute Gasteiger partial charge is 0.393 e. The Hall–Kier alpha value is -3.47. The van der Waals surface area contributed by atoms with Crippen LogP contribution in [0.3, 0.4) is 0 Å². The Bertz CT molecular complexity index is 1250. The third-order valence-electron chi connectivity index (χ3n) is 6.40. The van der Waals surface area contributed by atoms with Gasteiger partial charge in [0.25, 0.3) is 11.5 Å². The van der Waals surface area contributed by atoms with Gasteiger partial charge in [-0.3, -0.25) is 9.59 Å². The summed E-state index contributed by atoms with van der Waals surface area (Å²) in [5, 5.41) is 23.0. The minimum Gasteiger partial charge on any atom is -0.393 e. The van der Waals surface area contributed by atoms with Gasteiger partial charge < -0.3 is 25.6 Å². The molecule has 10 nitrogen and oxygen atoms in total. The number of carbonyl (C=O) groups excluding carboxylic acids is 1. The molecule has 2 atom stereocenters. The first-order valence-corrected chi connectivity index (χ1v) is 11.1. The van der Waals surface area contributed by atoms with Crippen molar-refractivity contribution in [2.24, 2.45) is 0 Å². The summed E-state index contributed by atoms with van der Waals surface area (Å²) in [7, 11) is 1.72. The molecule has 4 N–H and O–H groups in total. The van der Waals surface area contributed by atoms with Crippen LogP contribution in [0.1, 0.15) is 48.5 Å². The highest BCUT2D eigenvalue weighted by Gasteiger charge is 2.31. The van der Waals surface area contributed by atoms with Crippen molar-refractivity contribution >= 4 is 28.9 Å². The molecule has 0 unspecified atom stereocenters. The smallest absolute Gasteiger partial charge is 0.274 e. The Morgan fingerprint density at radius 2 is 2.09 bits per heavy atom. The van der Waals surface area contributed by atoms with Gasteiger partial charge in [0.15, 0.2) is 5.65 Å². The number of amides is 1. The van der Waals surface area contributed by atoms with Crippen LogP contribution in [-0.2, 0) is 0 Å². The van der Waals surface area contributed by atoms with E-state index in [-0.39, 0.29) is 23.6 Å². The summed E-state index contributed by atoms with van der Waals surface area (Å²) in [4.78, 5) is 30.3. The fourth-order valence-electron chi connectivity index (χ4n) is 4.50. The quantitative estimate of drug-likeness (QED) is 0.448. The average Bonchev–Trinajstić information content (AvgIpc) is 3.38. The molecule has 174 valence electrons. The van der Waals surface area contributed by atoms with Crippen molar-refractivity contribution in [1.82, 2.24) is 24.5 Å². The van der Waals surface area contributed by atoms with Gasteiger partial charge in [-0.25, -0.2) is 9.37 Å². The molecule has 0 radical (unpaired) electrons. The fourth-order valence-corrected chi connectivity index (χ4v) is 4.50. The maximum atomic E-state index is 13.3. The number of alkyl halides is 1. The molecule has 11 heteroatoms. The number of nitrogens with one attached hydrogen (secondary N) is 3. The van der Waals surface area contributed by atoms with Crippen molar-refractivity contribution in [2.45, 2.75) is 56.5 Å².